The molecular weight excluding hydrogens is 203 g/mol. The van der Waals surface area contributed by atoms with Crippen LogP contribution in [0.1, 0.15) is 17.7 Å². The standard InChI is InChI=1S/C13H17FN2/c1-9-10(6-4-8-15-2)11-5-3-7-12(14)13(11)16-9/h3,5,7,15-16H,4,6,8H2,1-2H3. The number of rotatable bonds is 4. The van der Waals surface area contributed by atoms with Gasteiger partial charge >= 0.3 is 0 Å². The van der Waals surface area contributed by atoms with Gasteiger partial charge in [0.25, 0.3) is 0 Å². The number of halogens is 1. The molecule has 2 rings (SSSR count). The van der Waals surface area contributed by atoms with Crippen molar-refractivity contribution in [2.24, 2.45) is 0 Å². The maximum absolute atomic E-state index is 13.5. The first-order valence-electron chi connectivity index (χ1n) is 5.64. The molecule has 86 valence electrons. The van der Waals surface area contributed by atoms with Gasteiger partial charge in [0, 0.05) is 11.1 Å². The summed E-state index contributed by atoms with van der Waals surface area (Å²) in [5.74, 6) is -0.166. The monoisotopic (exact) mass is 220 g/mol. The number of aryl methyl sites for hydroxylation is 2. The van der Waals surface area contributed by atoms with E-state index in [9.17, 15) is 4.39 Å². The lowest BCUT2D eigenvalue weighted by molar-refractivity contribution is 0.637. The van der Waals surface area contributed by atoms with Crippen molar-refractivity contribution in [2.75, 3.05) is 13.6 Å². The van der Waals surface area contributed by atoms with Gasteiger partial charge in [0.05, 0.1) is 5.52 Å². The molecule has 0 saturated carbocycles. The van der Waals surface area contributed by atoms with Crippen LogP contribution in [0, 0.1) is 12.7 Å². The number of aromatic nitrogens is 1. The Morgan fingerprint density at radius 1 is 1.38 bits per heavy atom. The molecule has 0 bridgehead atoms. The third-order valence-corrected chi connectivity index (χ3v) is 2.96. The molecule has 16 heavy (non-hydrogen) atoms. The first kappa shape index (κ1) is 11.1. The average molecular weight is 220 g/mol. The second kappa shape index (κ2) is 4.66. The van der Waals surface area contributed by atoms with Crippen LogP contribution >= 0.6 is 0 Å². The van der Waals surface area contributed by atoms with Gasteiger partial charge in [0.1, 0.15) is 5.82 Å². The Bertz CT molecular complexity index is 488. The smallest absolute Gasteiger partial charge is 0.147 e. The normalized spacial score (nSPS) is 11.2. The van der Waals surface area contributed by atoms with Crippen molar-refractivity contribution in [2.45, 2.75) is 19.8 Å². The van der Waals surface area contributed by atoms with Crippen molar-refractivity contribution in [1.82, 2.24) is 10.3 Å². The van der Waals surface area contributed by atoms with E-state index in [1.165, 1.54) is 11.6 Å². The predicted octanol–water partition coefficient (Wildman–Crippen LogP) is 2.77. The summed E-state index contributed by atoms with van der Waals surface area (Å²) in [6.45, 7) is 3.00. The molecular formula is C13H17FN2. The van der Waals surface area contributed by atoms with Gasteiger partial charge in [-0.05, 0) is 45.0 Å². The topological polar surface area (TPSA) is 27.8 Å². The van der Waals surface area contributed by atoms with Gasteiger partial charge in [0.15, 0.2) is 0 Å². The highest BCUT2D eigenvalue weighted by atomic mass is 19.1. The molecule has 0 radical (unpaired) electrons. The number of H-pyrrole nitrogens is 1. The minimum atomic E-state index is -0.166. The summed E-state index contributed by atoms with van der Waals surface area (Å²) in [4.78, 5) is 3.13. The van der Waals surface area contributed by atoms with Crippen LogP contribution in [-0.4, -0.2) is 18.6 Å². The summed E-state index contributed by atoms with van der Waals surface area (Å²) < 4.78 is 13.5. The fourth-order valence-electron chi connectivity index (χ4n) is 2.13. The van der Waals surface area contributed by atoms with Crippen molar-refractivity contribution in [3.05, 3.63) is 35.3 Å². The van der Waals surface area contributed by atoms with E-state index in [-0.39, 0.29) is 5.82 Å². The van der Waals surface area contributed by atoms with Crippen molar-refractivity contribution in [3.8, 4) is 0 Å². The van der Waals surface area contributed by atoms with Crippen LogP contribution in [0.3, 0.4) is 0 Å². The van der Waals surface area contributed by atoms with Crippen LogP contribution in [-0.2, 0) is 6.42 Å². The third kappa shape index (κ3) is 1.95. The van der Waals surface area contributed by atoms with Crippen molar-refractivity contribution in [1.29, 1.82) is 0 Å². The minimum absolute atomic E-state index is 0.166. The Balaban J connectivity index is 2.36. The Hall–Kier alpha value is -1.35. The molecule has 0 aliphatic carbocycles. The molecule has 0 spiro atoms. The molecule has 3 heteroatoms. The van der Waals surface area contributed by atoms with Gasteiger partial charge in [-0.1, -0.05) is 12.1 Å². The molecule has 1 heterocycles. The molecule has 0 amide bonds. The molecule has 0 aliphatic rings. The van der Waals surface area contributed by atoms with E-state index < -0.39 is 0 Å². The zero-order valence-electron chi connectivity index (χ0n) is 9.73. The highest BCUT2D eigenvalue weighted by Crippen LogP contribution is 2.25. The van der Waals surface area contributed by atoms with E-state index in [1.807, 2.05) is 20.0 Å². The molecule has 0 fully saturated rings. The van der Waals surface area contributed by atoms with Crippen LogP contribution in [0.2, 0.25) is 0 Å². The van der Waals surface area contributed by atoms with E-state index in [0.717, 1.165) is 30.5 Å². The van der Waals surface area contributed by atoms with Crippen molar-refractivity contribution >= 4 is 10.9 Å². The minimum Gasteiger partial charge on any atom is -0.356 e. The Labute approximate surface area is 94.9 Å². The first-order valence-corrected chi connectivity index (χ1v) is 5.64. The fraction of sp³-hybridized carbons (Fsp3) is 0.385. The summed E-state index contributed by atoms with van der Waals surface area (Å²) >= 11 is 0. The summed E-state index contributed by atoms with van der Waals surface area (Å²) in [6, 6.07) is 5.25. The van der Waals surface area contributed by atoms with Gasteiger partial charge < -0.3 is 10.3 Å². The third-order valence-electron chi connectivity index (χ3n) is 2.96. The summed E-state index contributed by atoms with van der Waals surface area (Å²) in [6.07, 6.45) is 2.05. The molecule has 1 aromatic carbocycles. The second-order valence-electron chi connectivity index (χ2n) is 4.10. The van der Waals surface area contributed by atoms with Gasteiger partial charge in [-0.15, -0.1) is 0 Å². The molecule has 1 aromatic heterocycles. The van der Waals surface area contributed by atoms with Crippen LogP contribution in [0.4, 0.5) is 4.39 Å². The van der Waals surface area contributed by atoms with Gasteiger partial charge in [-0.3, -0.25) is 0 Å². The largest absolute Gasteiger partial charge is 0.356 e. The number of nitrogens with one attached hydrogen (secondary N) is 2. The summed E-state index contributed by atoms with van der Waals surface area (Å²) in [5.41, 5.74) is 2.96. The number of fused-ring (bicyclic) bond motifs is 1. The van der Waals surface area contributed by atoms with E-state index in [4.69, 9.17) is 0 Å². The van der Waals surface area contributed by atoms with Crippen molar-refractivity contribution in [3.63, 3.8) is 0 Å². The highest BCUT2D eigenvalue weighted by Gasteiger charge is 2.10. The van der Waals surface area contributed by atoms with Gasteiger partial charge in [-0.25, -0.2) is 4.39 Å². The molecule has 0 aliphatic heterocycles. The maximum atomic E-state index is 13.5. The van der Waals surface area contributed by atoms with E-state index >= 15 is 0 Å². The molecule has 0 unspecified atom stereocenters. The number of aromatic amines is 1. The summed E-state index contributed by atoms with van der Waals surface area (Å²) in [7, 11) is 1.95. The zero-order valence-corrected chi connectivity index (χ0v) is 9.73. The molecule has 2 aromatic rings. The number of hydrogen-bond donors (Lipinski definition) is 2. The lowest BCUT2D eigenvalue weighted by Crippen LogP contribution is -2.08. The zero-order chi connectivity index (χ0) is 11.5. The summed E-state index contributed by atoms with van der Waals surface area (Å²) in [5, 5.41) is 4.15. The molecule has 2 nitrogen and oxygen atoms in total. The van der Waals surface area contributed by atoms with Crippen molar-refractivity contribution < 1.29 is 4.39 Å². The number of hydrogen-bond acceptors (Lipinski definition) is 1. The quantitative estimate of drug-likeness (QED) is 0.762. The molecule has 0 saturated heterocycles. The van der Waals surface area contributed by atoms with Crippen LogP contribution < -0.4 is 5.32 Å². The number of benzene rings is 1. The Morgan fingerprint density at radius 3 is 2.94 bits per heavy atom. The second-order valence-corrected chi connectivity index (χ2v) is 4.10. The maximum Gasteiger partial charge on any atom is 0.147 e. The van der Waals surface area contributed by atoms with E-state index in [0.29, 0.717) is 5.52 Å². The lowest BCUT2D eigenvalue weighted by Gasteiger charge is -2.01. The first-order chi connectivity index (χ1) is 7.74. The van der Waals surface area contributed by atoms with Crippen LogP contribution in [0.25, 0.3) is 10.9 Å². The molecule has 0 atom stereocenters. The lowest BCUT2D eigenvalue weighted by atomic mass is 10.1. The van der Waals surface area contributed by atoms with Gasteiger partial charge in [-0.2, -0.15) is 0 Å². The van der Waals surface area contributed by atoms with E-state index in [2.05, 4.69) is 10.3 Å². The van der Waals surface area contributed by atoms with Gasteiger partial charge in [0.2, 0.25) is 0 Å². The molecule has 2 N–H and O–H groups in total. The predicted molar refractivity (Wildman–Crippen MR) is 65.2 cm³/mol. The van der Waals surface area contributed by atoms with Crippen LogP contribution in [0.15, 0.2) is 18.2 Å². The SMILES string of the molecule is CNCCCc1c(C)[nH]c2c(F)cccc12. The Morgan fingerprint density at radius 2 is 2.19 bits per heavy atom. The Kier molecular flexibility index (Phi) is 3.25. The van der Waals surface area contributed by atoms with Crippen LogP contribution in [0.5, 0.6) is 0 Å². The number of para-hydroxylation sites is 1. The fourth-order valence-corrected chi connectivity index (χ4v) is 2.13. The van der Waals surface area contributed by atoms with E-state index in [1.54, 1.807) is 6.07 Å². The average Bonchev–Trinajstić information content (AvgIpc) is 2.58. The highest BCUT2D eigenvalue weighted by molar-refractivity contribution is 5.85.